The Balaban J connectivity index is 1.77. The Morgan fingerprint density at radius 2 is 1.67 bits per heavy atom. The van der Waals surface area contributed by atoms with Crippen molar-refractivity contribution in [1.29, 1.82) is 0 Å². The molecular formula is C24H28Cl2N2O2. The van der Waals surface area contributed by atoms with Gasteiger partial charge in [0.05, 0.1) is 16.5 Å². The van der Waals surface area contributed by atoms with Crippen LogP contribution in [0.25, 0.3) is 0 Å². The van der Waals surface area contributed by atoms with Crippen LogP contribution in [0.4, 0.5) is 0 Å². The van der Waals surface area contributed by atoms with Gasteiger partial charge >= 0.3 is 0 Å². The van der Waals surface area contributed by atoms with Crippen LogP contribution in [0.2, 0.25) is 10.0 Å². The number of amides is 2. The van der Waals surface area contributed by atoms with Crippen LogP contribution < -0.4 is 5.32 Å². The van der Waals surface area contributed by atoms with Crippen molar-refractivity contribution in [2.24, 2.45) is 0 Å². The summed E-state index contributed by atoms with van der Waals surface area (Å²) in [5.74, 6) is -0.223. The van der Waals surface area contributed by atoms with Gasteiger partial charge in [-0.15, -0.1) is 0 Å². The molecule has 1 atom stereocenters. The van der Waals surface area contributed by atoms with E-state index in [2.05, 4.69) is 5.32 Å². The molecule has 0 aliphatic heterocycles. The van der Waals surface area contributed by atoms with Crippen molar-refractivity contribution >= 4 is 35.0 Å². The number of hydrogen-bond acceptors (Lipinski definition) is 2. The topological polar surface area (TPSA) is 49.4 Å². The number of nitrogens with one attached hydrogen (secondary N) is 1. The van der Waals surface area contributed by atoms with Crippen LogP contribution in [-0.4, -0.2) is 28.8 Å². The number of aryl methyl sites for hydroxylation is 1. The van der Waals surface area contributed by atoms with Crippen LogP contribution in [0.3, 0.4) is 0 Å². The van der Waals surface area contributed by atoms with Crippen LogP contribution in [-0.2, 0) is 22.6 Å². The molecule has 0 bridgehead atoms. The predicted octanol–water partition coefficient (Wildman–Crippen LogP) is 5.32. The number of rotatable bonds is 7. The largest absolute Gasteiger partial charge is 0.352 e. The van der Waals surface area contributed by atoms with Crippen molar-refractivity contribution in [3.05, 3.63) is 69.2 Å². The van der Waals surface area contributed by atoms with Gasteiger partial charge in [-0.05, 0) is 49.9 Å². The first-order valence-electron chi connectivity index (χ1n) is 10.4. The van der Waals surface area contributed by atoms with Gasteiger partial charge in [0.15, 0.2) is 0 Å². The van der Waals surface area contributed by atoms with E-state index in [0.717, 1.165) is 42.4 Å². The molecule has 0 aromatic heterocycles. The lowest BCUT2D eigenvalue weighted by atomic mass is 10.1. The third-order valence-corrected chi connectivity index (χ3v) is 6.42. The predicted molar refractivity (Wildman–Crippen MR) is 122 cm³/mol. The first-order valence-corrected chi connectivity index (χ1v) is 11.2. The van der Waals surface area contributed by atoms with E-state index in [4.69, 9.17) is 23.2 Å². The summed E-state index contributed by atoms with van der Waals surface area (Å²) in [5.41, 5.74) is 2.91. The van der Waals surface area contributed by atoms with E-state index in [1.54, 1.807) is 30.0 Å². The molecule has 2 amide bonds. The normalized spacial score (nSPS) is 15.1. The Kier molecular flexibility index (Phi) is 7.79. The van der Waals surface area contributed by atoms with Crippen molar-refractivity contribution < 1.29 is 9.59 Å². The van der Waals surface area contributed by atoms with Crippen LogP contribution >= 0.6 is 23.2 Å². The minimum atomic E-state index is -0.567. The molecule has 160 valence electrons. The minimum Gasteiger partial charge on any atom is -0.352 e. The van der Waals surface area contributed by atoms with E-state index in [1.807, 2.05) is 31.2 Å². The molecule has 2 aromatic rings. The zero-order valence-electron chi connectivity index (χ0n) is 17.5. The van der Waals surface area contributed by atoms with Crippen LogP contribution in [0.5, 0.6) is 0 Å². The average molecular weight is 447 g/mol. The monoisotopic (exact) mass is 446 g/mol. The van der Waals surface area contributed by atoms with Gasteiger partial charge in [-0.25, -0.2) is 0 Å². The van der Waals surface area contributed by atoms with E-state index >= 15 is 0 Å². The summed E-state index contributed by atoms with van der Waals surface area (Å²) in [6, 6.07) is 12.8. The smallest absolute Gasteiger partial charge is 0.242 e. The van der Waals surface area contributed by atoms with E-state index in [9.17, 15) is 9.59 Å². The number of benzene rings is 2. The van der Waals surface area contributed by atoms with Gasteiger partial charge in [0.25, 0.3) is 0 Å². The van der Waals surface area contributed by atoms with Gasteiger partial charge in [0, 0.05) is 12.6 Å². The fourth-order valence-electron chi connectivity index (χ4n) is 3.79. The molecule has 0 spiro atoms. The van der Waals surface area contributed by atoms with Gasteiger partial charge in [-0.1, -0.05) is 71.9 Å². The Hall–Kier alpha value is -2.04. The number of nitrogens with zero attached hydrogens (tertiary/aromatic N) is 1. The van der Waals surface area contributed by atoms with Gasteiger partial charge in [-0.3, -0.25) is 9.59 Å². The lowest BCUT2D eigenvalue weighted by Gasteiger charge is -2.30. The molecule has 1 N–H and O–H groups in total. The van der Waals surface area contributed by atoms with Crippen molar-refractivity contribution in [3.63, 3.8) is 0 Å². The molecule has 2 aromatic carbocycles. The summed E-state index contributed by atoms with van der Waals surface area (Å²) in [6.07, 6.45) is 4.45. The number of hydrogen-bond donors (Lipinski definition) is 1. The summed E-state index contributed by atoms with van der Waals surface area (Å²) in [7, 11) is 0. The van der Waals surface area contributed by atoms with Gasteiger partial charge < -0.3 is 10.2 Å². The molecule has 1 fully saturated rings. The summed E-state index contributed by atoms with van der Waals surface area (Å²) < 4.78 is 0. The summed E-state index contributed by atoms with van der Waals surface area (Å²) >= 11 is 12.1. The fourth-order valence-corrected chi connectivity index (χ4v) is 4.11. The van der Waals surface area contributed by atoms with Gasteiger partial charge in [0.1, 0.15) is 6.04 Å². The summed E-state index contributed by atoms with van der Waals surface area (Å²) in [4.78, 5) is 27.8. The molecule has 3 rings (SSSR count). The molecule has 1 aliphatic rings. The summed E-state index contributed by atoms with van der Waals surface area (Å²) in [6.45, 7) is 4.19. The van der Waals surface area contributed by atoms with Crippen molar-refractivity contribution in [1.82, 2.24) is 10.2 Å². The zero-order chi connectivity index (χ0) is 21.7. The second-order valence-electron chi connectivity index (χ2n) is 8.10. The maximum Gasteiger partial charge on any atom is 0.242 e. The number of halogens is 2. The average Bonchev–Trinajstić information content (AvgIpc) is 3.22. The number of carbonyl (C=O) groups excluding carboxylic acids is 2. The molecule has 0 heterocycles. The van der Waals surface area contributed by atoms with E-state index in [0.29, 0.717) is 16.6 Å². The molecule has 0 radical (unpaired) electrons. The lowest BCUT2D eigenvalue weighted by Crippen LogP contribution is -2.50. The molecule has 4 nitrogen and oxygen atoms in total. The van der Waals surface area contributed by atoms with Crippen LogP contribution in [0.1, 0.15) is 49.3 Å². The minimum absolute atomic E-state index is 0.100. The first kappa shape index (κ1) is 22.6. The maximum atomic E-state index is 13.2. The SMILES string of the molecule is Cc1ccc(CN(C(=O)Cc2ccc(Cl)c(Cl)c2)[C@@H](C)C(=O)NC2CCCC2)cc1. The van der Waals surface area contributed by atoms with Crippen molar-refractivity contribution in [3.8, 4) is 0 Å². The highest BCUT2D eigenvalue weighted by atomic mass is 35.5. The first-order chi connectivity index (χ1) is 14.3. The molecule has 0 saturated heterocycles. The fraction of sp³-hybridized carbons (Fsp3) is 0.417. The standard InChI is InChI=1S/C24H28Cl2N2O2/c1-16-7-9-18(10-8-16)15-28(17(2)24(30)27-20-5-3-4-6-20)23(29)14-19-11-12-21(25)22(26)13-19/h7-13,17,20H,3-6,14-15H2,1-2H3,(H,27,30)/t17-/m0/s1. The zero-order valence-corrected chi connectivity index (χ0v) is 19.0. The highest BCUT2D eigenvalue weighted by molar-refractivity contribution is 6.42. The molecule has 0 unspecified atom stereocenters. The maximum absolute atomic E-state index is 13.2. The second kappa shape index (κ2) is 10.3. The van der Waals surface area contributed by atoms with E-state index in [1.165, 1.54) is 0 Å². The third kappa shape index (κ3) is 5.99. The molecular weight excluding hydrogens is 419 g/mol. The van der Waals surface area contributed by atoms with E-state index < -0.39 is 6.04 Å². The van der Waals surface area contributed by atoms with Crippen LogP contribution in [0, 0.1) is 6.92 Å². The molecule has 30 heavy (non-hydrogen) atoms. The quantitative estimate of drug-likeness (QED) is 0.625. The Morgan fingerprint density at radius 3 is 2.30 bits per heavy atom. The Bertz CT molecular complexity index is 893. The Morgan fingerprint density at radius 1 is 1.03 bits per heavy atom. The van der Waals surface area contributed by atoms with Crippen LogP contribution in [0.15, 0.2) is 42.5 Å². The lowest BCUT2D eigenvalue weighted by molar-refractivity contribution is -0.140. The molecule has 1 saturated carbocycles. The highest BCUT2D eigenvalue weighted by Gasteiger charge is 2.28. The summed E-state index contributed by atoms with van der Waals surface area (Å²) in [5, 5.41) is 3.99. The van der Waals surface area contributed by atoms with Crippen molar-refractivity contribution in [2.75, 3.05) is 0 Å². The van der Waals surface area contributed by atoms with Gasteiger partial charge in [0.2, 0.25) is 11.8 Å². The number of carbonyl (C=O) groups is 2. The molecule has 1 aliphatic carbocycles. The molecule has 6 heteroatoms. The van der Waals surface area contributed by atoms with Gasteiger partial charge in [-0.2, -0.15) is 0 Å². The van der Waals surface area contributed by atoms with E-state index in [-0.39, 0.29) is 24.3 Å². The van der Waals surface area contributed by atoms with Crippen molar-refractivity contribution in [2.45, 2.75) is 64.6 Å². The highest BCUT2D eigenvalue weighted by Crippen LogP contribution is 2.24. The second-order valence-corrected chi connectivity index (χ2v) is 8.91. The third-order valence-electron chi connectivity index (χ3n) is 5.68. The Labute approximate surface area is 188 Å².